The maximum absolute atomic E-state index is 11.8. The summed E-state index contributed by atoms with van der Waals surface area (Å²) >= 11 is 3.33. The summed E-state index contributed by atoms with van der Waals surface area (Å²) in [5, 5.41) is 10.9. The van der Waals surface area contributed by atoms with Gasteiger partial charge in [-0.25, -0.2) is 9.78 Å². The number of carbonyl (C=O) groups excluding carboxylic acids is 1. The number of carbonyl (C=O) groups is 1. The second kappa shape index (κ2) is 6.35. The van der Waals surface area contributed by atoms with Crippen LogP contribution in [0.25, 0.3) is 0 Å². The molecule has 0 saturated carbocycles. The van der Waals surface area contributed by atoms with E-state index in [2.05, 4.69) is 20.9 Å². The summed E-state index contributed by atoms with van der Waals surface area (Å²) in [6.45, 7) is 2.71. The van der Waals surface area contributed by atoms with Crippen molar-refractivity contribution in [2.75, 3.05) is 31.8 Å². The Kier molecular flexibility index (Phi) is 4.73. The molecule has 1 saturated heterocycles. The lowest BCUT2D eigenvalue weighted by molar-refractivity contribution is -0.385. The van der Waals surface area contributed by atoms with E-state index < -0.39 is 16.9 Å². The van der Waals surface area contributed by atoms with Crippen molar-refractivity contribution in [3.05, 3.63) is 26.3 Å². The first-order valence-electron chi connectivity index (χ1n) is 6.19. The Labute approximate surface area is 129 Å². The van der Waals surface area contributed by atoms with Gasteiger partial charge in [-0.05, 0) is 22.9 Å². The first-order chi connectivity index (χ1) is 9.97. The van der Waals surface area contributed by atoms with E-state index in [0.717, 1.165) is 0 Å². The van der Waals surface area contributed by atoms with Gasteiger partial charge in [-0.2, -0.15) is 0 Å². The zero-order chi connectivity index (χ0) is 15.6. The summed E-state index contributed by atoms with van der Waals surface area (Å²) in [6, 6.07) is -0.617. The molecule has 1 aliphatic heterocycles. The molecular formula is C12H14BrN3O5. The van der Waals surface area contributed by atoms with Crippen LogP contribution in [-0.2, 0) is 14.3 Å². The summed E-state index contributed by atoms with van der Waals surface area (Å²) in [4.78, 5) is 28.1. The first-order valence-corrected chi connectivity index (χ1v) is 6.98. The minimum Gasteiger partial charge on any atom is -0.467 e. The van der Waals surface area contributed by atoms with Gasteiger partial charge in [0.15, 0.2) is 6.04 Å². The molecule has 9 heteroatoms. The molecule has 1 fully saturated rings. The van der Waals surface area contributed by atoms with E-state index in [9.17, 15) is 14.9 Å². The third-order valence-electron chi connectivity index (χ3n) is 3.29. The molecule has 0 amide bonds. The van der Waals surface area contributed by atoms with Crippen molar-refractivity contribution < 1.29 is 19.2 Å². The number of aromatic nitrogens is 1. The highest BCUT2D eigenvalue weighted by Gasteiger charge is 2.33. The van der Waals surface area contributed by atoms with Gasteiger partial charge in [0.05, 0.1) is 29.7 Å². The Morgan fingerprint density at radius 2 is 2.38 bits per heavy atom. The van der Waals surface area contributed by atoms with Crippen molar-refractivity contribution in [1.29, 1.82) is 0 Å². The van der Waals surface area contributed by atoms with Crippen LogP contribution in [-0.4, -0.2) is 48.8 Å². The zero-order valence-electron chi connectivity index (χ0n) is 11.5. The molecule has 0 spiro atoms. The number of methoxy groups -OCH3 is 1. The predicted molar refractivity (Wildman–Crippen MR) is 77.3 cm³/mol. The largest absolute Gasteiger partial charge is 0.467 e. The molecule has 0 radical (unpaired) electrons. The van der Waals surface area contributed by atoms with E-state index in [-0.39, 0.29) is 12.3 Å². The Bertz CT molecular complexity index is 580. The lowest BCUT2D eigenvalue weighted by Gasteiger charge is -2.35. The second-order valence-electron chi connectivity index (χ2n) is 4.47. The number of esters is 1. The number of nitrogens with zero attached hydrogens (tertiary/aromatic N) is 3. The van der Waals surface area contributed by atoms with Crippen molar-refractivity contribution in [1.82, 2.24) is 4.98 Å². The highest BCUT2D eigenvalue weighted by molar-refractivity contribution is 9.10. The smallest absolute Gasteiger partial charge is 0.330 e. The van der Waals surface area contributed by atoms with Gasteiger partial charge in [-0.1, -0.05) is 0 Å². The molecule has 0 N–H and O–H groups in total. The highest BCUT2D eigenvalue weighted by Crippen LogP contribution is 2.34. The lowest BCUT2D eigenvalue weighted by Crippen LogP contribution is -2.51. The Hall–Kier alpha value is -1.74. The van der Waals surface area contributed by atoms with Crippen LogP contribution in [0.2, 0.25) is 0 Å². The lowest BCUT2D eigenvalue weighted by atomic mass is 10.2. The van der Waals surface area contributed by atoms with E-state index in [0.29, 0.717) is 29.0 Å². The van der Waals surface area contributed by atoms with Gasteiger partial charge in [0.2, 0.25) is 0 Å². The SMILES string of the molecule is COC(=O)C1COCCN1c1ncc([N+](=O)[O-])c(C)c1Br. The van der Waals surface area contributed by atoms with Crippen LogP contribution < -0.4 is 4.90 Å². The molecule has 1 aromatic rings. The molecular weight excluding hydrogens is 346 g/mol. The summed E-state index contributed by atoms with van der Waals surface area (Å²) in [6.07, 6.45) is 1.19. The normalized spacial score (nSPS) is 18.4. The number of halogens is 1. The summed E-state index contributed by atoms with van der Waals surface area (Å²) in [7, 11) is 1.30. The van der Waals surface area contributed by atoms with E-state index >= 15 is 0 Å². The van der Waals surface area contributed by atoms with E-state index in [1.165, 1.54) is 13.3 Å². The third kappa shape index (κ3) is 2.98. The fourth-order valence-electron chi connectivity index (χ4n) is 2.13. The van der Waals surface area contributed by atoms with Gasteiger partial charge in [0.25, 0.3) is 5.69 Å². The quantitative estimate of drug-likeness (QED) is 0.457. The number of rotatable bonds is 3. The number of anilines is 1. The number of hydrogen-bond donors (Lipinski definition) is 0. The Balaban J connectivity index is 2.42. The van der Waals surface area contributed by atoms with Gasteiger partial charge in [0, 0.05) is 12.1 Å². The molecule has 1 aliphatic rings. The van der Waals surface area contributed by atoms with Crippen LogP contribution in [0.15, 0.2) is 10.7 Å². The molecule has 114 valence electrons. The summed E-state index contributed by atoms with van der Waals surface area (Å²) in [5.74, 6) is 0.0382. The molecule has 1 aromatic heterocycles. The molecule has 0 aromatic carbocycles. The molecule has 21 heavy (non-hydrogen) atoms. The van der Waals surface area contributed by atoms with Crippen molar-refractivity contribution in [3.63, 3.8) is 0 Å². The average molecular weight is 360 g/mol. The minimum atomic E-state index is -0.617. The van der Waals surface area contributed by atoms with Gasteiger partial charge in [-0.15, -0.1) is 0 Å². The molecule has 2 heterocycles. The van der Waals surface area contributed by atoms with Crippen molar-refractivity contribution in [2.24, 2.45) is 0 Å². The number of morpholine rings is 1. The summed E-state index contributed by atoms with van der Waals surface area (Å²) < 4.78 is 10.5. The number of ether oxygens (including phenoxy) is 2. The highest BCUT2D eigenvalue weighted by atomic mass is 79.9. The van der Waals surface area contributed by atoms with E-state index in [1.807, 2.05) is 0 Å². The first kappa shape index (κ1) is 15.6. The molecule has 0 bridgehead atoms. The van der Waals surface area contributed by atoms with Gasteiger partial charge in [0.1, 0.15) is 12.0 Å². The zero-order valence-corrected chi connectivity index (χ0v) is 13.1. The second-order valence-corrected chi connectivity index (χ2v) is 5.26. The number of nitro groups is 1. The molecule has 8 nitrogen and oxygen atoms in total. The fraction of sp³-hybridized carbons (Fsp3) is 0.500. The van der Waals surface area contributed by atoms with Crippen molar-refractivity contribution in [3.8, 4) is 0 Å². The van der Waals surface area contributed by atoms with Gasteiger partial charge < -0.3 is 14.4 Å². The van der Waals surface area contributed by atoms with Gasteiger partial charge in [-0.3, -0.25) is 10.1 Å². The third-order valence-corrected chi connectivity index (χ3v) is 4.24. The van der Waals surface area contributed by atoms with Crippen LogP contribution in [0.1, 0.15) is 5.56 Å². The van der Waals surface area contributed by atoms with Crippen LogP contribution in [0.4, 0.5) is 11.5 Å². The van der Waals surface area contributed by atoms with Crippen LogP contribution in [0, 0.1) is 17.0 Å². The maximum atomic E-state index is 11.8. The van der Waals surface area contributed by atoms with Gasteiger partial charge >= 0.3 is 5.97 Å². The van der Waals surface area contributed by atoms with Crippen molar-refractivity contribution >= 4 is 33.4 Å². The molecule has 0 aliphatic carbocycles. The number of hydrogen-bond acceptors (Lipinski definition) is 7. The van der Waals surface area contributed by atoms with E-state index in [1.54, 1.807) is 11.8 Å². The fourth-order valence-corrected chi connectivity index (χ4v) is 2.66. The monoisotopic (exact) mass is 359 g/mol. The Morgan fingerprint density at radius 1 is 1.67 bits per heavy atom. The molecule has 2 rings (SSSR count). The van der Waals surface area contributed by atoms with E-state index in [4.69, 9.17) is 9.47 Å². The van der Waals surface area contributed by atoms with Crippen LogP contribution >= 0.6 is 15.9 Å². The summed E-state index contributed by atoms with van der Waals surface area (Å²) in [5.41, 5.74) is 0.383. The molecule has 1 atom stereocenters. The van der Waals surface area contributed by atoms with Crippen LogP contribution in [0.3, 0.4) is 0 Å². The minimum absolute atomic E-state index is 0.0755. The van der Waals surface area contributed by atoms with Crippen molar-refractivity contribution in [2.45, 2.75) is 13.0 Å². The topological polar surface area (TPSA) is 94.8 Å². The average Bonchev–Trinajstić information content (AvgIpc) is 2.49. The standard InChI is InChI=1S/C12H14BrN3O5/c1-7-8(16(18)19)5-14-11(10(7)13)15-3-4-21-6-9(15)12(17)20-2/h5,9H,3-4,6H2,1-2H3. The Morgan fingerprint density at radius 3 is 3.00 bits per heavy atom. The maximum Gasteiger partial charge on any atom is 0.330 e. The van der Waals surface area contributed by atoms with Crippen LogP contribution in [0.5, 0.6) is 0 Å². The predicted octanol–water partition coefficient (Wildman–Crippen LogP) is 1.44. The molecule has 1 unspecified atom stereocenters. The number of pyridine rings is 1.